The maximum Gasteiger partial charge on any atom is 0.408 e. The molecule has 6 nitrogen and oxygen atoms in total. The van der Waals surface area contributed by atoms with E-state index in [0.717, 1.165) is 22.1 Å². The number of benzene rings is 3. The first-order valence-electron chi connectivity index (χ1n) is 9.86. The zero-order chi connectivity index (χ0) is 21.6. The van der Waals surface area contributed by atoms with E-state index in [-0.39, 0.29) is 13.0 Å². The molecule has 6 heteroatoms. The van der Waals surface area contributed by atoms with Crippen LogP contribution in [0.15, 0.2) is 89.5 Å². The Kier molecular flexibility index (Phi) is 5.98. The van der Waals surface area contributed by atoms with E-state index >= 15 is 0 Å². The van der Waals surface area contributed by atoms with Crippen molar-refractivity contribution in [1.82, 2.24) is 5.32 Å². The van der Waals surface area contributed by atoms with Crippen molar-refractivity contribution in [1.29, 1.82) is 0 Å². The maximum atomic E-state index is 12.2. The number of hydrogen-bond donors (Lipinski definition) is 2. The summed E-state index contributed by atoms with van der Waals surface area (Å²) in [5.41, 5.74) is 4.29. The van der Waals surface area contributed by atoms with Crippen molar-refractivity contribution in [3.05, 3.63) is 96.3 Å². The van der Waals surface area contributed by atoms with E-state index in [2.05, 4.69) is 5.32 Å². The zero-order valence-electron chi connectivity index (χ0n) is 16.7. The summed E-state index contributed by atoms with van der Waals surface area (Å²) in [6, 6.07) is 23.8. The summed E-state index contributed by atoms with van der Waals surface area (Å²) in [6.07, 6.45) is 0.919. The van der Waals surface area contributed by atoms with Gasteiger partial charge in [-0.25, -0.2) is 9.59 Å². The van der Waals surface area contributed by atoms with Gasteiger partial charge in [-0.15, -0.1) is 0 Å². The maximum absolute atomic E-state index is 12.2. The fourth-order valence-corrected chi connectivity index (χ4v) is 3.38. The highest BCUT2D eigenvalue weighted by atomic mass is 16.5. The SMILES string of the molecule is O=C(N[C@H](Cc1ccccc1)C(=O)O)OCc1coc2ccc(-c3ccccc3)cc12. The number of carbonyl (C=O) groups excluding carboxylic acids is 1. The van der Waals surface area contributed by atoms with E-state index in [4.69, 9.17) is 9.15 Å². The van der Waals surface area contributed by atoms with Crippen LogP contribution in [0.3, 0.4) is 0 Å². The van der Waals surface area contributed by atoms with E-state index < -0.39 is 18.1 Å². The molecular weight excluding hydrogens is 394 g/mol. The van der Waals surface area contributed by atoms with Gasteiger partial charge in [0.2, 0.25) is 0 Å². The van der Waals surface area contributed by atoms with Crippen LogP contribution in [-0.4, -0.2) is 23.2 Å². The minimum absolute atomic E-state index is 0.0330. The van der Waals surface area contributed by atoms with Crippen LogP contribution in [0.1, 0.15) is 11.1 Å². The standard InChI is InChI=1S/C25H21NO5/c27-24(28)22(13-17-7-3-1-4-8-17)26-25(29)31-16-20-15-30-23-12-11-19(14-21(20)23)18-9-5-2-6-10-18/h1-12,14-15,22H,13,16H2,(H,26,29)(H,27,28)/t22-/m1/s1. The van der Waals surface area contributed by atoms with Crippen LogP contribution in [0.5, 0.6) is 0 Å². The third-order valence-electron chi connectivity index (χ3n) is 4.99. The molecule has 1 atom stereocenters. The number of aliphatic carboxylic acids is 1. The largest absolute Gasteiger partial charge is 0.480 e. The highest BCUT2D eigenvalue weighted by Crippen LogP contribution is 2.28. The number of nitrogens with one attached hydrogen (secondary N) is 1. The van der Waals surface area contributed by atoms with Crippen LogP contribution in [0.4, 0.5) is 4.79 Å². The molecule has 0 radical (unpaired) electrons. The number of carbonyl (C=O) groups is 2. The molecule has 0 fully saturated rings. The molecular formula is C25H21NO5. The topological polar surface area (TPSA) is 88.8 Å². The number of carboxylic acid groups (broad SMARTS) is 1. The lowest BCUT2D eigenvalue weighted by molar-refractivity contribution is -0.139. The van der Waals surface area contributed by atoms with Gasteiger partial charge in [0, 0.05) is 17.4 Å². The first kappa shape index (κ1) is 20.2. The number of hydrogen-bond acceptors (Lipinski definition) is 4. The summed E-state index contributed by atoms with van der Waals surface area (Å²) >= 11 is 0. The van der Waals surface area contributed by atoms with Crippen molar-refractivity contribution >= 4 is 23.0 Å². The quantitative estimate of drug-likeness (QED) is 0.442. The summed E-state index contributed by atoms with van der Waals surface area (Å²) in [4.78, 5) is 23.8. The molecule has 0 aliphatic carbocycles. The molecule has 0 saturated carbocycles. The number of furan rings is 1. The molecule has 0 aliphatic heterocycles. The first-order chi connectivity index (χ1) is 15.1. The van der Waals surface area contributed by atoms with Gasteiger partial charge in [-0.3, -0.25) is 0 Å². The van der Waals surface area contributed by atoms with Gasteiger partial charge >= 0.3 is 12.1 Å². The fraction of sp³-hybridized carbons (Fsp3) is 0.120. The average Bonchev–Trinajstić information content (AvgIpc) is 3.21. The Morgan fingerprint density at radius 3 is 2.35 bits per heavy atom. The number of ether oxygens (including phenoxy) is 1. The molecule has 0 saturated heterocycles. The lowest BCUT2D eigenvalue weighted by atomic mass is 10.0. The van der Waals surface area contributed by atoms with E-state index in [1.54, 1.807) is 6.26 Å². The summed E-state index contributed by atoms with van der Waals surface area (Å²) < 4.78 is 10.8. The van der Waals surface area contributed by atoms with Crippen LogP contribution >= 0.6 is 0 Å². The molecule has 0 unspecified atom stereocenters. The van der Waals surface area contributed by atoms with E-state index in [1.807, 2.05) is 78.9 Å². The summed E-state index contributed by atoms with van der Waals surface area (Å²) in [5, 5.41) is 12.7. The van der Waals surface area contributed by atoms with Crippen molar-refractivity contribution < 1.29 is 23.8 Å². The predicted molar refractivity (Wildman–Crippen MR) is 117 cm³/mol. The third-order valence-corrected chi connectivity index (χ3v) is 4.99. The summed E-state index contributed by atoms with van der Waals surface area (Å²) in [5.74, 6) is -1.12. The highest BCUT2D eigenvalue weighted by molar-refractivity contribution is 5.86. The lowest BCUT2D eigenvalue weighted by Crippen LogP contribution is -2.42. The normalized spacial score (nSPS) is 11.7. The molecule has 0 bridgehead atoms. The first-order valence-corrected chi connectivity index (χ1v) is 9.86. The highest BCUT2D eigenvalue weighted by Gasteiger charge is 2.21. The molecule has 31 heavy (non-hydrogen) atoms. The van der Waals surface area contributed by atoms with Gasteiger partial charge in [0.15, 0.2) is 0 Å². The Labute approximate surface area is 179 Å². The van der Waals surface area contributed by atoms with Crippen molar-refractivity contribution in [3.8, 4) is 11.1 Å². The van der Waals surface area contributed by atoms with Crippen molar-refractivity contribution in [2.75, 3.05) is 0 Å². The summed E-state index contributed by atoms with van der Waals surface area (Å²) in [7, 11) is 0. The second kappa shape index (κ2) is 9.17. The number of amides is 1. The van der Waals surface area contributed by atoms with Crippen LogP contribution < -0.4 is 5.32 Å². The summed E-state index contributed by atoms with van der Waals surface area (Å²) in [6.45, 7) is -0.0330. The lowest BCUT2D eigenvalue weighted by Gasteiger charge is -2.14. The minimum Gasteiger partial charge on any atom is -0.480 e. The molecule has 1 heterocycles. The predicted octanol–water partition coefficient (Wildman–Crippen LogP) is 5.02. The Balaban J connectivity index is 1.43. The van der Waals surface area contributed by atoms with Gasteiger partial charge < -0.3 is 19.6 Å². The molecule has 2 N–H and O–H groups in total. The van der Waals surface area contributed by atoms with Gasteiger partial charge in [0.05, 0.1) is 6.26 Å². The van der Waals surface area contributed by atoms with Crippen molar-refractivity contribution in [2.24, 2.45) is 0 Å². The number of carboxylic acids is 1. The van der Waals surface area contributed by atoms with Gasteiger partial charge in [-0.05, 0) is 28.8 Å². The molecule has 1 aromatic heterocycles. The Morgan fingerprint density at radius 1 is 0.935 bits per heavy atom. The number of fused-ring (bicyclic) bond motifs is 1. The van der Waals surface area contributed by atoms with Crippen molar-refractivity contribution in [3.63, 3.8) is 0 Å². The van der Waals surface area contributed by atoms with Gasteiger partial charge in [-0.2, -0.15) is 0 Å². The molecule has 0 aliphatic rings. The molecule has 3 aromatic carbocycles. The van der Waals surface area contributed by atoms with Crippen molar-refractivity contribution in [2.45, 2.75) is 19.1 Å². The van der Waals surface area contributed by atoms with E-state index in [0.29, 0.717) is 11.1 Å². The van der Waals surface area contributed by atoms with Gasteiger partial charge in [0.25, 0.3) is 0 Å². The smallest absolute Gasteiger partial charge is 0.408 e. The minimum atomic E-state index is -1.12. The number of alkyl carbamates (subject to hydrolysis) is 1. The zero-order valence-corrected chi connectivity index (χ0v) is 16.7. The number of rotatable bonds is 7. The molecule has 156 valence electrons. The molecule has 0 spiro atoms. The van der Waals surface area contributed by atoms with Gasteiger partial charge in [0.1, 0.15) is 18.2 Å². The molecule has 4 rings (SSSR count). The third kappa shape index (κ3) is 4.93. The van der Waals surface area contributed by atoms with Gasteiger partial charge in [-0.1, -0.05) is 66.7 Å². The average molecular weight is 415 g/mol. The van der Waals surface area contributed by atoms with E-state index in [1.165, 1.54) is 0 Å². The van der Waals surface area contributed by atoms with E-state index in [9.17, 15) is 14.7 Å². The van der Waals surface area contributed by atoms with Crippen LogP contribution in [-0.2, 0) is 22.6 Å². The Hall–Kier alpha value is -4.06. The monoisotopic (exact) mass is 415 g/mol. The van der Waals surface area contributed by atoms with Crippen LogP contribution in [0.25, 0.3) is 22.1 Å². The fourth-order valence-electron chi connectivity index (χ4n) is 3.38. The second-order valence-corrected chi connectivity index (χ2v) is 7.14. The Morgan fingerprint density at radius 2 is 1.65 bits per heavy atom. The second-order valence-electron chi connectivity index (χ2n) is 7.14. The Bertz CT molecular complexity index is 1180. The van der Waals surface area contributed by atoms with Crippen LogP contribution in [0, 0.1) is 0 Å². The van der Waals surface area contributed by atoms with Crippen LogP contribution in [0.2, 0.25) is 0 Å². The molecule has 1 amide bonds. The molecule has 4 aromatic rings.